The summed E-state index contributed by atoms with van der Waals surface area (Å²) in [6, 6.07) is 9.24. The highest BCUT2D eigenvalue weighted by atomic mass is 16.5. The van der Waals surface area contributed by atoms with Crippen molar-refractivity contribution in [1.82, 2.24) is 24.8 Å². The van der Waals surface area contributed by atoms with Gasteiger partial charge in [0.2, 0.25) is 0 Å². The van der Waals surface area contributed by atoms with Crippen LogP contribution >= 0.6 is 0 Å². The van der Waals surface area contributed by atoms with Gasteiger partial charge in [-0.2, -0.15) is 10.2 Å². The van der Waals surface area contributed by atoms with Gasteiger partial charge in [-0.1, -0.05) is 12.1 Å². The lowest BCUT2D eigenvalue weighted by Gasteiger charge is -2.09. The second-order valence-electron chi connectivity index (χ2n) is 5.26. The van der Waals surface area contributed by atoms with Gasteiger partial charge in [0.1, 0.15) is 11.3 Å². The molecule has 0 saturated heterocycles. The van der Waals surface area contributed by atoms with E-state index in [0.717, 1.165) is 5.56 Å². The number of carbonyl (C=O) groups excluding carboxylic acids is 1. The average molecular weight is 334 g/mol. The number of hydrogen-bond acceptors (Lipinski definition) is 5. The molecule has 8 nitrogen and oxygen atoms in total. The number of nitrogens with zero attached hydrogens (tertiary/aromatic N) is 4. The van der Waals surface area contributed by atoms with Gasteiger partial charge in [-0.3, -0.25) is 9.89 Å². The van der Waals surface area contributed by atoms with Crippen LogP contribution < -0.4 is 10.1 Å². The van der Waals surface area contributed by atoms with E-state index in [1.54, 1.807) is 36.3 Å². The lowest BCUT2D eigenvalue weighted by atomic mass is 10.1. The molecular formula is C17H14N6O2. The zero-order valence-electron chi connectivity index (χ0n) is 13.3. The molecule has 4 rings (SSSR count). The first kappa shape index (κ1) is 14.9. The predicted molar refractivity (Wildman–Crippen MR) is 91.5 cm³/mol. The zero-order chi connectivity index (χ0) is 17.2. The zero-order valence-corrected chi connectivity index (χ0v) is 13.3. The maximum Gasteiger partial charge on any atom is 0.261 e. The number of amides is 1. The van der Waals surface area contributed by atoms with Gasteiger partial charge in [0.25, 0.3) is 5.91 Å². The number of nitrogens with one attached hydrogen (secondary N) is 2. The Kier molecular flexibility index (Phi) is 3.62. The number of rotatable bonds is 4. The van der Waals surface area contributed by atoms with Crippen LogP contribution in [0.4, 0.5) is 5.69 Å². The lowest BCUT2D eigenvalue weighted by molar-refractivity contribution is 0.102. The Labute approximate surface area is 142 Å². The molecule has 0 aliphatic heterocycles. The molecule has 3 aromatic heterocycles. The van der Waals surface area contributed by atoms with E-state index >= 15 is 0 Å². The Morgan fingerprint density at radius 1 is 1.24 bits per heavy atom. The van der Waals surface area contributed by atoms with E-state index < -0.39 is 0 Å². The minimum absolute atomic E-state index is 0.314. The molecule has 0 unspecified atom stereocenters. The maximum absolute atomic E-state index is 12.6. The number of methoxy groups -OCH3 is 1. The van der Waals surface area contributed by atoms with Crippen molar-refractivity contribution in [1.29, 1.82) is 0 Å². The monoisotopic (exact) mass is 334 g/mol. The summed E-state index contributed by atoms with van der Waals surface area (Å²) < 4.78 is 6.92. The second-order valence-corrected chi connectivity index (χ2v) is 5.26. The van der Waals surface area contributed by atoms with E-state index in [0.29, 0.717) is 28.3 Å². The Morgan fingerprint density at radius 2 is 2.12 bits per heavy atom. The molecule has 0 aliphatic rings. The lowest BCUT2D eigenvalue weighted by Crippen LogP contribution is -2.12. The van der Waals surface area contributed by atoms with Gasteiger partial charge in [-0.15, -0.1) is 0 Å². The van der Waals surface area contributed by atoms with Crippen molar-refractivity contribution >= 4 is 17.2 Å². The summed E-state index contributed by atoms with van der Waals surface area (Å²) in [6.45, 7) is 0. The minimum Gasteiger partial charge on any atom is -0.496 e. The molecule has 0 aliphatic carbocycles. The number of para-hydroxylation sites is 1. The van der Waals surface area contributed by atoms with Crippen LogP contribution in [0.5, 0.6) is 5.75 Å². The highest BCUT2D eigenvalue weighted by molar-refractivity contribution is 6.09. The fourth-order valence-electron chi connectivity index (χ4n) is 2.61. The maximum atomic E-state index is 12.6. The highest BCUT2D eigenvalue weighted by Crippen LogP contribution is 2.33. The number of ether oxygens (including phenoxy) is 1. The van der Waals surface area contributed by atoms with Gasteiger partial charge < -0.3 is 10.1 Å². The fourth-order valence-corrected chi connectivity index (χ4v) is 2.61. The molecule has 0 radical (unpaired) electrons. The van der Waals surface area contributed by atoms with E-state index in [1.165, 1.54) is 6.20 Å². The Balaban J connectivity index is 1.68. The molecular weight excluding hydrogens is 320 g/mol. The minimum atomic E-state index is -0.314. The number of aromatic nitrogens is 5. The molecule has 1 aromatic carbocycles. The number of hydrogen-bond donors (Lipinski definition) is 2. The van der Waals surface area contributed by atoms with Crippen molar-refractivity contribution in [3.63, 3.8) is 0 Å². The van der Waals surface area contributed by atoms with Crippen molar-refractivity contribution in [3.8, 4) is 17.0 Å². The molecule has 0 spiro atoms. The Hall–Kier alpha value is -3.68. The number of aromatic amines is 1. The standard InChI is InChI=1S/C17H14N6O2/c1-25-14-6-3-2-5-11(14)15-13(10-19-22-15)21-17(24)12-9-20-23-8-4-7-18-16(12)23/h2-10H,1H3,(H,19,22)(H,21,24). The normalized spacial score (nSPS) is 10.8. The molecule has 1 amide bonds. The van der Waals surface area contributed by atoms with Gasteiger partial charge in [-0.05, 0) is 18.2 Å². The molecule has 25 heavy (non-hydrogen) atoms. The summed E-state index contributed by atoms with van der Waals surface area (Å²) in [5, 5.41) is 13.9. The largest absolute Gasteiger partial charge is 0.496 e. The number of benzene rings is 1. The van der Waals surface area contributed by atoms with Crippen LogP contribution in [0, 0.1) is 0 Å². The molecule has 2 N–H and O–H groups in total. The van der Waals surface area contributed by atoms with Crippen LogP contribution in [0.25, 0.3) is 16.9 Å². The van der Waals surface area contributed by atoms with Gasteiger partial charge in [-0.25, -0.2) is 9.50 Å². The summed E-state index contributed by atoms with van der Waals surface area (Å²) in [7, 11) is 1.60. The molecule has 4 aromatic rings. The van der Waals surface area contributed by atoms with Crippen molar-refractivity contribution in [2.24, 2.45) is 0 Å². The highest BCUT2D eigenvalue weighted by Gasteiger charge is 2.18. The predicted octanol–water partition coefficient (Wildman–Crippen LogP) is 2.38. The van der Waals surface area contributed by atoms with Crippen LogP contribution in [-0.4, -0.2) is 37.8 Å². The van der Waals surface area contributed by atoms with Gasteiger partial charge in [0.05, 0.1) is 30.9 Å². The van der Waals surface area contributed by atoms with Crippen LogP contribution in [0.3, 0.4) is 0 Å². The third-order valence-corrected chi connectivity index (χ3v) is 3.79. The molecule has 3 heterocycles. The molecule has 0 fully saturated rings. The number of anilines is 1. The van der Waals surface area contributed by atoms with Crippen molar-refractivity contribution in [2.75, 3.05) is 12.4 Å². The third-order valence-electron chi connectivity index (χ3n) is 3.79. The van der Waals surface area contributed by atoms with E-state index in [4.69, 9.17) is 4.74 Å². The van der Waals surface area contributed by atoms with Gasteiger partial charge in [0, 0.05) is 18.0 Å². The average Bonchev–Trinajstić information content (AvgIpc) is 3.28. The van der Waals surface area contributed by atoms with Crippen LogP contribution in [-0.2, 0) is 0 Å². The first-order chi connectivity index (χ1) is 12.3. The summed E-state index contributed by atoms with van der Waals surface area (Å²) >= 11 is 0. The van der Waals surface area contributed by atoms with Crippen LogP contribution in [0.1, 0.15) is 10.4 Å². The van der Waals surface area contributed by atoms with Gasteiger partial charge in [0.15, 0.2) is 5.65 Å². The van der Waals surface area contributed by atoms with E-state index in [-0.39, 0.29) is 5.91 Å². The summed E-state index contributed by atoms with van der Waals surface area (Å²) in [5.41, 5.74) is 2.88. The Morgan fingerprint density at radius 3 is 3.00 bits per heavy atom. The summed E-state index contributed by atoms with van der Waals surface area (Å²) in [5.74, 6) is 0.367. The van der Waals surface area contributed by atoms with Crippen molar-refractivity contribution < 1.29 is 9.53 Å². The first-order valence-corrected chi connectivity index (χ1v) is 7.54. The van der Waals surface area contributed by atoms with Crippen LogP contribution in [0.2, 0.25) is 0 Å². The fraction of sp³-hybridized carbons (Fsp3) is 0.0588. The molecule has 8 heteroatoms. The van der Waals surface area contributed by atoms with E-state index in [1.807, 2.05) is 24.3 Å². The molecule has 124 valence electrons. The number of carbonyl (C=O) groups is 1. The topological polar surface area (TPSA) is 97.2 Å². The SMILES string of the molecule is COc1ccccc1-c1[nH]ncc1NC(=O)c1cnn2cccnc12. The molecule has 0 atom stereocenters. The smallest absolute Gasteiger partial charge is 0.261 e. The summed E-state index contributed by atoms with van der Waals surface area (Å²) in [6.07, 6.45) is 6.39. The van der Waals surface area contributed by atoms with Crippen LogP contribution in [0.15, 0.2) is 55.1 Å². The van der Waals surface area contributed by atoms with E-state index in [9.17, 15) is 4.79 Å². The summed E-state index contributed by atoms with van der Waals surface area (Å²) in [4.78, 5) is 16.8. The van der Waals surface area contributed by atoms with Gasteiger partial charge >= 0.3 is 0 Å². The quantitative estimate of drug-likeness (QED) is 0.597. The Bertz CT molecular complexity index is 1050. The molecule has 0 bridgehead atoms. The number of fused-ring (bicyclic) bond motifs is 1. The van der Waals surface area contributed by atoms with E-state index in [2.05, 4.69) is 25.6 Å². The van der Waals surface area contributed by atoms with Crippen molar-refractivity contribution in [2.45, 2.75) is 0 Å². The first-order valence-electron chi connectivity index (χ1n) is 7.54. The third kappa shape index (κ3) is 2.59. The number of H-pyrrole nitrogens is 1. The molecule has 0 saturated carbocycles. The second kappa shape index (κ2) is 6.08. The van der Waals surface area contributed by atoms with Crippen molar-refractivity contribution in [3.05, 3.63) is 60.7 Å².